The predicted molar refractivity (Wildman–Crippen MR) is 110 cm³/mol. The molecule has 1 heterocycles. The third-order valence-electron chi connectivity index (χ3n) is 4.18. The van der Waals surface area contributed by atoms with Crippen LogP contribution in [0.3, 0.4) is 0 Å². The van der Waals surface area contributed by atoms with Gasteiger partial charge in [0.25, 0.3) is 0 Å². The Balaban J connectivity index is 0.00000126. The van der Waals surface area contributed by atoms with Gasteiger partial charge in [-0.3, -0.25) is 0 Å². The number of aromatic nitrogens is 1. The standard InChI is InChI=1S/C21H24N2O2.CH5N/c1-4-22-15(2)17-10-12-19(13-11-17)24-14-20-16(3)25-21(23-20)18-8-6-5-7-9-18;1-2/h5-13,15,22H,4,14H2,1-3H3;2H2,1H3/t15-;/m0./s1. The van der Waals surface area contributed by atoms with E-state index in [1.165, 1.54) is 12.6 Å². The number of aryl methyl sites for hydroxylation is 1. The van der Waals surface area contributed by atoms with Gasteiger partial charge in [0.05, 0.1) is 0 Å². The summed E-state index contributed by atoms with van der Waals surface area (Å²) in [7, 11) is 1.50. The number of nitrogens with one attached hydrogen (secondary N) is 1. The molecule has 0 bridgehead atoms. The van der Waals surface area contributed by atoms with Crippen molar-refractivity contribution in [3.05, 3.63) is 71.6 Å². The van der Waals surface area contributed by atoms with Crippen LogP contribution in [0.5, 0.6) is 5.75 Å². The van der Waals surface area contributed by atoms with Crippen molar-refractivity contribution >= 4 is 0 Å². The van der Waals surface area contributed by atoms with Gasteiger partial charge in [-0.05, 0) is 57.3 Å². The molecular formula is C22H29N3O2. The van der Waals surface area contributed by atoms with Gasteiger partial charge in [0.15, 0.2) is 0 Å². The number of hydrogen-bond donors (Lipinski definition) is 2. The van der Waals surface area contributed by atoms with Gasteiger partial charge in [0.2, 0.25) is 5.89 Å². The van der Waals surface area contributed by atoms with Gasteiger partial charge in [-0.25, -0.2) is 4.98 Å². The van der Waals surface area contributed by atoms with Crippen LogP contribution >= 0.6 is 0 Å². The highest BCUT2D eigenvalue weighted by Crippen LogP contribution is 2.23. The van der Waals surface area contributed by atoms with Gasteiger partial charge in [-0.2, -0.15) is 0 Å². The molecule has 27 heavy (non-hydrogen) atoms. The summed E-state index contributed by atoms with van der Waals surface area (Å²) in [5.74, 6) is 2.25. The SMILES string of the molecule is CCN[C@@H](C)c1ccc(OCc2nc(-c3ccccc3)oc2C)cc1.CN. The Hall–Kier alpha value is -2.63. The zero-order valence-corrected chi connectivity index (χ0v) is 16.5. The van der Waals surface area contributed by atoms with Crippen molar-refractivity contribution in [1.29, 1.82) is 0 Å². The Labute approximate surface area is 161 Å². The highest BCUT2D eigenvalue weighted by molar-refractivity contribution is 5.53. The van der Waals surface area contributed by atoms with Gasteiger partial charge >= 0.3 is 0 Å². The van der Waals surface area contributed by atoms with Gasteiger partial charge in [-0.15, -0.1) is 0 Å². The average Bonchev–Trinajstić information content (AvgIpc) is 3.10. The van der Waals surface area contributed by atoms with E-state index in [0.29, 0.717) is 18.5 Å². The summed E-state index contributed by atoms with van der Waals surface area (Å²) in [6.07, 6.45) is 0. The van der Waals surface area contributed by atoms with Crippen LogP contribution in [-0.4, -0.2) is 18.6 Å². The fraction of sp³-hybridized carbons (Fsp3) is 0.318. The van der Waals surface area contributed by atoms with E-state index in [1.54, 1.807) is 0 Å². The smallest absolute Gasteiger partial charge is 0.226 e. The molecule has 1 aromatic heterocycles. The van der Waals surface area contributed by atoms with E-state index >= 15 is 0 Å². The molecule has 0 saturated carbocycles. The second kappa shape index (κ2) is 10.5. The number of nitrogens with two attached hydrogens (primary N) is 1. The number of oxazole rings is 1. The van der Waals surface area contributed by atoms with Crippen molar-refractivity contribution in [2.45, 2.75) is 33.4 Å². The number of nitrogens with zero attached hydrogens (tertiary/aromatic N) is 1. The fourth-order valence-corrected chi connectivity index (χ4v) is 2.69. The third kappa shape index (κ3) is 5.67. The van der Waals surface area contributed by atoms with Crippen LogP contribution in [0.2, 0.25) is 0 Å². The molecular weight excluding hydrogens is 338 g/mol. The predicted octanol–water partition coefficient (Wildman–Crippen LogP) is 4.47. The maximum absolute atomic E-state index is 5.87. The maximum atomic E-state index is 5.87. The first-order valence-electron chi connectivity index (χ1n) is 9.23. The van der Waals surface area contributed by atoms with Gasteiger partial charge < -0.3 is 20.2 Å². The van der Waals surface area contributed by atoms with Crippen LogP contribution in [0.4, 0.5) is 0 Å². The lowest BCUT2D eigenvalue weighted by molar-refractivity contribution is 0.299. The Kier molecular flexibility index (Phi) is 8.04. The van der Waals surface area contributed by atoms with E-state index in [2.05, 4.69) is 42.0 Å². The summed E-state index contributed by atoms with van der Waals surface area (Å²) in [6, 6.07) is 18.4. The molecule has 0 amide bonds. The molecule has 0 fully saturated rings. The minimum absolute atomic E-state index is 0.338. The van der Waals surface area contributed by atoms with Crippen molar-refractivity contribution < 1.29 is 9.15 Å². The Bertz CT molecular complexity index is 798. The van der Waals surface area contributed by atoms with E-state index in [0.717, 1.165) is 29.3 Å². The van der Waals surface area contributed by atoms with E-state index in [-0.39, 0.29) is 0 Å². The van der Waals surface area contributed by atoms with Gasteiger partial charge in [0.1, 0.15) is 23.8 Å². The Morgan fingerprint density at radius 1 is 1.07 bits per heavy atom. The lowest BCUT2D eigenvalue weighted by atomic mass is 10.1. The summed E-state index contributed by atoms with van der Waals surface area (Å²) in [5, 5.41) is 3.40. The summed E-state index contributed by atoms with van der Waals surface area (Å²) in [6.45, 7) is 7.53. The normalized spacial score (nSPS) is 11.4. The second-order valence-corrected chi connectivity index (χ2v) is 6.02. The van der Waals surface area contributed by atoms with Crippen molar-refractivity contribution in [1.82, 2.24) is 10.3 Å². The first-order chi connectivity index (χ1) is 13.2. The van der Waals surface area contributed by atoms with Crippen LogP contribution in [0.1, 0.15) is 36.9 Å². The minimum atomic E-state index is 0.338. The lowest BCUT2D eigenvalue weighted by Crippen LogP contribution is -2.17. The largest absolute Gasteiger partial charge is 0.487 e. The topological polar surface area (TPSA) is 73.3 Å². The lowest BCUT2D eigenvalue weighted by Gasteiger charge is -2.13. The van der Waals surface area contributed by atoms with Crippen LogP contribution < -0.4 is 15.8 Å². The van der Waals surface area contributed by atoms with E-state index in [9.17, 15) is 0 Å². The third-order valence-corrected chi connectivity index (χ3v) is 4.18. The summed E-state index contributed by atoms with van der Waals surface area (Å²) in [4.78, 5) is 4.56. The molecule has 0 aliphatic rings. The first kappa shape index (κ1) is 20.7. The zero-order chi connectivity index (χ0) is 19.6. The molecule has 144 valence electrons. The average molecular weight is 367 g/mol. The highest BCUT2D eigenvalue weighted by Gasteiger charge is 2.12. The quantitative estimate of drug-likeness (QED) is 0.644. The Morgan fingerprint density at radius 2 is 1.74 bits per heavy atom. The first-order valence-corrected chi connectivity index (χ1v) is 9.23. The molecule has 0 radical (unpaired) electrons. The molecule has 0 unspecified atom stereocenters. The number of ether oxygens (including phenoxy) is 1. The molecule has 0 spiro atoms. The van der Waals surface area contributed by atoms with E-state index < -0.39 is 0 Å². The van der Waals surface area contributed by atoms with Crippen LogP contribution in [0.25, 0.3) is 11.5 Å². The minimum Gasteiger partial charge on any atom is -0.487 e. The molecule has 2 aromatic carbocycles. The van der Waals surface area contributed by atoms with E-state index in [1.807, 2.05) is 49.4 Å². The van der Waals surface area contributed by atoms with E-state index in [4.69, 9.17) is 9.15 Å². The van der Waals surface area contributed by atoms with Crippen molar-refractivity contribution in [3.63, 3.8) is 0 Å². The van der Waals surface area contributed by atoms with Crippen molar-refractivity contribution in [2.24, 2.45) is 5.73 Å². The van der Waals surface area contributed by atoms with Crippen LogP contribution in [-0.2, 0) is 6.61 Å². The van der Waals surface area contributed by atoms with Crippen molar-refractivity contribution in [2.75, 3.05) is 13.6 Å². The fourth-order valence-electron chi connectivity index (χ4n) is 2.69. The Morgan fingerprint density at radius 3 is 2.37 bits per heavy atom. The molecule has 5 heteroatoms. The number of rotatable bonds is 7. The zero-order valence-electron chi connectivity index (χ0n) is 16.5. The van der Waals surface area contributed by atoms with Gasteiger partial charge in [-0.1, -0.05) is 37.3 Å². The number of benzene rings is 2. The second-order valence-electron chi connectivity index (χ2n) is 6.02. The monoisotopic (exact) mass is 367 g/mol. The molecule has 0 aliphatic carbocycles. The summed E-state index contributed by atoms with van der Waals surface area (Å²) >= 11 is 0. The molecule has 3 rings (SSSR count). The molecule has 0 aliphatic heterocycles. The molecule has 3 N–H and O–H groups in total. The van der Waals surface area contributed by atoms with Crippen molar-refractivity contribution in [3.8, 4) is 17.2 Å². The van der Waals surface area contributed by atoms with Gasteiger partial charge in [0, 0.05) is 11.6 Å². The number of hydrogen-bond acceptors (Lipinski definition) is 5. The van der Waals surface area contributed by atoms with Crippen LogP contribution in [0, 0.1) is 6.92 Å². The molecule has 0 saturated heterocycles. The molecule has 5 nitrogen and oxygen atoms in total. The molecule has 1 atom stereocenters. The summed E-state index contributed by atoms with van der Waals surface area (Å²) < 4.78 is 11.6. The highest BCUT2D eigenvalue weighted by atomic mass is 16.5. The van der Waals surface area contributed by atoms with Crippen LogP contribution in [0.15, 0.2) is 59.0 Å². The maximum Gasteiger partial charge on any atom is 0.226 e. The summed E-state index contributed by atoms with van der Waals surface area (Å²) in [5.41, 5.74) is 7.54. The molecule has 3 aromatic rings.